The lowest BCUT2D eigenvalue weighted by Crippen LogP contribution is -2.01. The molecule has 3 rings (SSSR count). The van der Waals surface area contributed by atoms with Gasteiger partial charge >= 0.3 is 0 Å². The fourth-order valence-electron chi connectivity index (χ4n) is 1.64. The molecular formula is C11H10N6. The highest BCUT2D eigenvalue weighted by atomic mass is 15.4. The Labute approximate surface area is 97.2 Å². The zero-order chi connectivity index (χ0) is 11.8. The molecule has 3 aromatic heterocycles. The fraction of sp³-hybridized carbons (Fsp3) is 0.0909. The molecule has 0 aromatic carbocycles. The molecule has 17 heavy (non-hydrogen) atoms. The highest BCUT2D eigenvalue weighted by molar-refractivity contribution is 5.57. The Bertz CT molecular complexity index is 673. The predicted octanol–water partition coefficient (Wildman–Crippen LogP) is 1.08. The first-order chi connectivity index (χ1) is 8.24. The summed E-state index contributed by atoms with van der Waals surface area (Å²) in [6, 6.07) is 5.45. The maximum atomic E-state index is 5.86. The molecule has 0 unspecified atom stereocenters. The minimum Gasteiger partial charge on any atom is -0.383 e. The van der Waals surface area contributed by atoms with Gasteiger partial charge in [0.2, 0.25) is 0 Å². The van der Waals surface area contributed by atoms with Crippen molar-refractivity contribution in [3.63, 3.8) is 0 Å². The SMILES string of the molecule is Cc1cc(N)n2nc(-c3ccncc3)nc2n1. The fourth-order valence-corrected chi connectivity index (χ4v) is 1.64. The summed E-state index contributed by atoms with van der Waals surface area (Å²) in [4.78, 5) is 12.6. The summed E-state index contributed by atoms with van der Waals surface area (Å²) >= 11 is 0. The number of hydrogen-bond donors (Lipinski definition) is 1. The molecule has 2 N–H and O–H groups in total. The molecule has 0 bridgehead atoms. The summed E-state index contributed by atoms with van der Waals surface area (Å²) in [5, 5.41) is 4.31. The Morgan fingerprint density at radius 2 is 1.94 bits per heavy atom. The van der Waals surface area contributed by atoms with Crippen molar-refractivity contribution < 1.29 is 0 Å². The monoisotopic (exact) mass is 226 g/mol. The first-order valence-corrected chi connectivity index (χ1v) is 5.14. The van der Waals surface area contributed by atoms with Gasteiger partial charge in [-0.15, -0.1) is 5.10 Å². The van der Waals surface area contributed by atoms with Crippen molar-refractivity contribution in [1.82, 2.24) is 24.6 Å². The number of pyridine rings is 1. The molecule has 3 aromatic rings. The van der Waals surface area contributed by atoms with Crippen LogP contribution in [0, 0.1) is 6.92 Å². The molecule has 0 fully saturated rings. The van der Waals surface area contributed by atoms with E-state index in [2.05, 4.69) is 20.1 Å². The average Bonchev–Trinajstić information content (AvgIpc) is 2.74. The van der Waals surface area contributed by atoms with Crippen LogP contribution in [0.25, 0.3) is 17.2 Å². The van der Waals surface area contributed by atoms with E-state index in [0.29, 0.717) is 17.4 Å². The minimum absolute atomic E-state index is 0.509. The molecule has 0 saturated heterocycles. The van der Waals surface area contributed by atoms with Crippen LogP contribution in [-0.2, 0) is 0 Å². The second-order valence-corrected chi connectivity index (χ2v) is 3.71. The van der Waals surface area contributed by atoms with Gasteiger partial charge in [0.25, 0.3) is 5.78 Å². The maximum Gasteiger partial charge on any atom is 0.254 e. The highest BCUT2D eigenvalue weighted by Crippen LogP contribution is 2.16. The summed E-state index contributed by atoms with van der Waals surface area (Å²) in [6.45, 7) is 1.87. The Balaban J connectivity index is 2.24. The minimum atomic E-state index is 0.509. The second-order valence-electron chi connectivity index (χ2n) is 3.71. The summed E-state index contributed by atoms with van der Waals surface area (Å²) in [6.07, 6.45) is 3.39. The molecule has 84 valence electrons. The molecule has 0 atom stereocenters. The number of anilines is 1. The van der Waals surface area contributed by atoms with Crippen molar-refractivity contribution in [3.8, 4) is 11.4 Å². The van der Waals surface area contributed by atoms with Crippen molar-refractivity contribution in [1.29, 1.82) is 0 Å². The van der Waals surface area contributed by atoms with E-state index < -0.39 is 0 Å². The Morgan fingerprint density at radius 3 is 2.71 bits per heavy atom. The molecule has 0 spiro atoms. The molecule has 0 amide bonds. The molecule has 3 heterocycles. The maximum absolute atomic E-state index is 5.86. The number of fused-ring (bicyclic) bond motifs is 1. The molecule has 6 heteroatoms. The molecule has 6 nitrogen and oxygen atoms in total. The van der Waals surface area contributed by atoms with Gasteiger partial charge < -0.3 is 5.73 Å². The van der Waals surface area contributed by atoms with Crippen molar-refractivity contribution in [2.24, 2.45) is 0 Å². The molecule has 0 saturated carbocycles. The van der Waals surface area contributed by atoms with E-state index in [0.717, 1.165) is 11.3 Å². The lowest BCUT2D eigenvalue weighted by molar-refractivity contribution is 0.945. The number of rotatable bonds is 1. The van der Waals surface area contributed by atoms with Gasteiger partial charge in [-0.1, -0.05) is 0 Å². The largest absolute Gasteiger partial charge is 0.383 e. The van der Waals surface area contributed by atoms with Gasteiger partial charge in [0.15, 0.2) is 5.82 Å². The van der Waals surface area contributed by atoms with E-state index in [1.54, 1.807) is 18.5 Å². The molecule has 0 aliphatic carbocycles. The summed E-state index contributed by atoms with van der Waals surface area (Å²) in [7, 11) is 0. The van der Waals surface area contributed by atoms with Crippen molar-refractivity contribution in [3.05, 3.63) is 36.3 Å². The molecular weight excluding hydrogens is 216 g/mol. The van der Waals surface area contributed by atoms with Crippen molar-refractivity contribution >= 4 is 11.6 Å². The van der Waals surface area contributed by atoms with E-state index >= 15 is 0 Å². The van der Waals surface area contributed by atoms with Crippen LogP contribution in [0.4, 0.5) is 5.82 Å². The van der Waals surface area contributed by atoms with E-state index in [1.807, 2.05) is 19.1 Å². The van der Waals surface area contributed by atoms with Crippen LogP contribution in [-0.4, -0.2) is 24.6 Å². The third kappa shape index (κ3) is 1.59. The molecule has 0 aliphatic rings. The Kier molecular flexibility index (Phi) is 2.01. The standard InChI is InChI=1S/C11H10N6/c1-7-6-9(12)17-11(14-7)15-10(16-17)8-2-4-13-5-3-8/h2-6H,12H2,1H3. The van der Waals surface area contributed by atoms with Crippen LogP contribution >= 0.6 is 0 Å². The lowest BCUT2D eigenvalue weighted by atomic mass is 10.3. The topological polar surface area (TPSA) is 82.0 Å². The number of hydrogen-bond acceptors (Lipinski definition) is 5. The average molecular weight is 226 g/mol. The second kappa shape index (κ2) is 3.51. The third-order valence-corrected chi connectivity index (χ3v) is 2.41. The smallest absolute Gasteiger partial charge is 0.254 e. The number of aromatic nitrogens is 5. The van der Waals surface area contributed by atoms with Gasteiger partial charge in [-0.05, 0) is 19.1 Å². The van der Waals surface area contributed by atoms with Gasteiger partial charge in [0.1, 0.15) is 5.82 Å². The summed E-state index contributed by atoms with van der Waals surface area (Å²) in [5.74, 6) is 1.63. The zero-order valence-corrected chi connectivity index (χ0v) is 9.20. The van der Waals surface area contributed by atoms with Crippen LogP contribution < -0.4 is 5.73 Å². The van der Waals surface area contributed by atoms with E-state index in [4.69, 9.17) is 5.73 Å². The number of nitrogens with zero attached hydrogens (tertiary/aromatic N) is 5. The highest BCUT2D eigenvalue weighted by Gasteiger charge is 2.09. The first-order valence-electron chi connectivity index (χ1n) is 5.14. The van der Waals surface area contributed by atoms with Crippen LogP contribution in [0.1, 0.15) is 5.69 Å². The van der Waals surface area contributed by atoms with Crippen molar-refractivity contribution in [2.75, 3.05) is 5.73 Å². The van der Waals surface area contributed by atoms with Gasteiger partial charge in [-0.3, -0.25) is 4.98 Å². The lowest BCUT2D eigenvalue weighted by Gasteiger charge is -1.97. The normalized spacial score (nSPS) is 10.9. The quantitative estimate of drug-likeness (QED) is 0.671. The van der Waals surface area contributed by atoms with E-state index in [-0.39, 0.29) is 0 Å². The third-order valence-electron chi connectivity index (χ3n) is 2.41. The predicted molar refractivity (Wildman–Crippen MR) is 63.2 cm³/mol. The Hall–Kier alpha value is -2.50. The number of nitrogens with two attached hydrogens (primary N) is 1. The van der Waals surface area contributed by atoms with Gasteiger partial charge in [-0.25, -0.2) is 4.98 Å². The van der Waals surface area contributed by atoms with E-state index in [1.165, 1.54) is 4.52 Å². The van der Waals surface area contributed by atoms with Crippen LogP contribution in [0.2, 0.25) is 0 Å². The van der Waals surface area contributed by atoms with Gasteiger partial charge in [0, 0.05) is 29.7 Å². The molecule has 0 aliphatic heterocycles. The summed E-state index contributed by atoms with van der Waals surface area (Å²) < 4.78 is 1.53. The van der Waals surface area contributed by atoms with Crippen LogP contribution in [0.3, 0.4) is 0 Å². The zero-order valence-electron chi connectivity index (χ0n) is 9.20. The van der Waals surface area contributed by atoms with Crippen LogP contribution in [0.5, 0.6) is 0 Å². The first kappa shape index (κ1) is 9.71. The Morgan fingerprint density at radius 1 is 1.18 bits per heavy atom. The van der Waals surface area contributed by atoms with Gasteiger partial charge in [0.05, 0.1) is 0 Å². The summed E-state index contributed by atoms with van der Waals surface area (Å²) in [5.41, 5.74) is 7.57. The van der Waals surface area contributed by atoms with E-state index in [9.17, 15) is 0 Å². The van der Waals surface area contributed by atoms with Crippen molar-refractivity contribution in [2.45, 2.75) is 6.92 Å². The number of aryl methyl sites for hydroxylation is 1. The van der Waals surface area contributed by atoms with Crippen LogP contribution in [0.15, 0.2) is 30.6 Å². The number of nitrogen functional groups attached to an aromatic ring is 1. The van der Waals surface area contributed by atoms with Gasteiger partial charge in [-0.2, -0.15) is 9.50 Å². The molecule has 0 radical (unpaired) electrons.